The lowest BCUT2D eigenvalue weighted by Gasteiger charge is -2.11. The van der Waals surface area contributed by atoms with Crippen LogP contribution in [0.1, 0.15) is 48.0 Å². The van der Waals surface area contributed by atoms with Crippen molar-refractivity contribution in [2.45, 2.75) is 38.1 Å². The van der Waals surface area contributed by atoms with Crippen LogP contribution in [0.15, 0.2) is 24.3 Å². The molecule has 3 nitrogen and oxygen atoms in total. The zero-order valence-electron chi connectivity index (χ0n) is 11.0. The van der Waals surface area contributed by atoms with Gasteiger partial charge in [0.25, 0.3) is 5.91 Å². The van der Waals surface area contributed by atoms with E-state index in [-0.39, 0.29) is 12.5 Å². The van der Waals surface area contributed by atoms with E-state index in [1.165, 1.54) is 12.8 Å². The predicted molar refractivity (Wildman–Crippen MR) is 74.7 cm³/mol. The molecule has 1 aliphatic carbocycles. The van der Waals surface area contributed by atoms with E-state index >= 15 is 0 Å². The third-order valence-electron chi connectivity index (χ3n) is 3.28. The maximum atomic E-state index is 12.1. The SMILES string of the molecule is O=C(NC1CCCC1)c1cccc(C#CCCO)c1. The van der Waals surface area contributed by atoms with Crippen molar-refractivity contribution in [3.05, 3.63) is 35.4 Å². The molecule has 0 radical (unpaired) electrons. The fraction of sp³-hybridized carbons (Fsp3) is 0.438. The Kier molecular flexibility index (Phi) is 5.00. The largest absolute Gasteiger partial charge is 0.395 e. The molecule has 0 atom stereocenters. The highest BCUT2D eigenvalue weighted by Crippen LogP contribution is 2.18. The summed E-state index contributed by atoms with van der Waals surface area (Å²) in [6.07, 6.45) is 5.04. The van der Waals surface area contributed by atoms with Gasteiger partial charge in [-0.3, -0.25) is 4.79 Å². The van der Waals surface area contributed by atoms with Crippen molar-refractivity contribution in [3.8, 4) is 11.8 Å². The van der Waals surface area contributed by atoms with Crippen molar-refractivity contribution in [2.75, 3.05) is 6.61 Å². The van der Waals surface area contributed by atoms with Crippen LogP contribution >= 0.6 is 0 Å². The third-order valence-corrected chi connectivity index (χ3v) is 3.28. The summed E-state index contributed by atoms with van der Waals surface area (Å²) in [5.74, 6) is 5.79. The monoisotopic (exact) mass is 257 g/mol. The van der Waals surface area contributed by atoms with Crippen LogP contribution in [0, 0.1) is 11.8 Å². The molecule has 1 aliphatic rings. The summed E-state index contributed by atoms with van der Waals surface area (Å²) in [5.41, 5.74) is 1.47. The van der Waals surface area contributed by atoms with Crippen molar-refractivity contribution < 1.29 is 9.90 Å². The molecule has 2 N–H and O–H groups in total. The smallest absolute Gasteiger partial charge is 0.251 e. The molecule has 0 bridgehead atoms. The van der Waals surface area contributed by atoms with E-state index in [2.05, 4.69) is 17.2 Å². The summed E-state index contributed by atoms with van der Waals surface area (Å²) >= 11 is 0. The molecule has 1 saturated carbocycles. The minimum Gasteiger partial charge on any atom is -0.395 e. The average Bonchev–Trinajstić information content (AvgIpc) is 2.92. The van der Waals surface area contributed by atoms with Crippen LogP contribution in [0.5, 0.6) is 0 Å². The summed E-state index contributed by atoms with van der Waals surface area (Å²) in [5, 5.41) is 11.7. The number of aliphatic hydroxyl groups excluding tert-OH is 1. The zero-order valence-corrected chi connectivity index (χ0v) is 11.0. The second kappa shape index (κ2) is 6.96. The first kappa shape index (κ1) is 13.6. The molecule has 0 aliphatic heterocycles. The molecule has 19 heavy (non-hydrogen) atoms. The number of hydrogen-bond donors (Lipinski definition) is 2. The van der Waals surface area contributed by atoms with Crippen molar-refractivity contribution in [1.82, 2.24) is 5.32 Å². The van der Waals surface area contributed by atoms with Gasteiger partial charge in [0.2, 0.25) is 0 Å². The van der Waals surface area contributed by atoms with Crippen LogP contribution in [0.4, 0.5) is 0 Å². The molecule has 0 saturated heterocycles. The van der Waals surface area contributed by atoms with Crippen LogP contribution in [0.2, 0.25) is 0 Å². The van der Waals surface area contributed by atoms with Crippen molar-refractivity contribution in [3.63, 3.8) is 0 Å². The summed E-state index contributed by atoms with van der Waals surface area (Å²) in [7, 11) is 0. The van der Waals surface area contributed by atoms with Gasteiger partial charge in [0.1, 0.15) is 0 Å². The van der Waals surface area contributed by atoms with Gasteiger partial charge in [0, 0.05) is 23.6 Å². The number of carbonyl (C=O) groups is 1. The number of amides is 1. The van der Waals surface area contributed by atoms with E-state index in [1.807, 2.05) is 18.2 Å². The Labute approximate surface area is 114 Å². The van der Waals surface area contributed by atoms with Gasteiger partial charge in [-0.05, 0) is 31.0 Å². The van der Waals surface area contributed by atoms with E-state index in [1.54, 1.807) is 6.07 Å². The number of carbonyl (C=O) groups excluding carboxylic acids is 1. The molecule has 100 valence electrons. The molecule has 3 heteroatoms. The number of rotatable bonds is 3. The minimum absolute atomic E-state index is 0.0160. The summed E-state index contributed by atoms with van der Waals surface area (Å²) in [6, 6.07) is 7.65. The Hall–Kier alpha value is -1.79. The van der Waals surface area contributed by atoms with Crippen LogP contribution in [-0.2, 0) is 0 Å². The van der Waals surface area contributed by atoms with Gasteiger partial charge in [0.05, 0.1) is 6.61 Å². The zero-order chi connectivity index (χ0) is 13.5. The first-order chi connectivity index (χ1) is 9.29. The highest BCUT2D eigenvalue weighted by molar-refractivity contribution is 5.94. The maximum absolute atomic E-state index is 12.1. The predicted octanol–water partition coefficient (Wildman–Crippen LogP) is 2.09. The van der Waals surface area contributed by atoms with Crippen LogP contribution in [0.25, 0.3) is 0 Å². The van der Waals surface area contributed by atoms with Crippen LogP contribution in [0.3, 0.4) is 0 Å². The van der Waals surface area contributed by atoms with Gasteiger partial charge in [-0.2, -0.15) is 0 Å². The Morgan fingerprint density at radius 2 is 2.16 bits per heavy atom. The lowest BCUT2D eigenvalue weighted by atomic mass is 10.1. The fourth-order valence-corrected chi connectivity index (χ4v) is 2.30. The van der Waals surface area contributed by atoms with Crippen molar-refractivity contribution in [1.29, 1.82) is 0 Å². The molecule has 1 aromatic rings. The maximum Gasteiger partial charge on any atom is 0.251 e. The van der Waals surface area contributed by atoms with E-state index in [9.17, 15) is 4.79 Å². The normalized spacial score (nSPS) is 14.8. The van der Waals surface area contributed by atoms with E-state index in [4.69, 9.17) is 5.11 Å². The lowest BCUT2D eigenvalue weighted by Crippen LogP contribution is -2.32. The lowest BCUT2D eigenvalue weighted by molar-refractivity contribution is 0.0938. The topological polar surface area (TPSA) is 49.3 Å². The molecule has 0 unspecified atom stereocenters. The summed E-state index contributed by atoms with van der Waals surface area (Å²) in [6.45, 7) is 0.0643. The first-order valence-corrected chi connectivity index (χ1v) is 6.80. The van der Waals surface area contributed by atoms with Gasteiger partial charge in [-0.15, -0.1) is 0 Å². The quantitative estimate of drug-likeness (QED) is 0.815. The molecule has 0 aromatic heterocycles. The first-order valence-electron chi connectivity index (χ1n) is 6.80. The fourth-order valence-electron chi connectivity index (χ4n) is 2.30. The Balaban J connectivity index is 2.01. The standard InChI is InChI=1S/C16H19NO2/c18-11-4-3-6-13-7-5-8-14(12-13)16(19)17-15-9-1-2-10-15/h5,7-8,12,15,18H,1-2,4,9-11H2,(H,17,19). The Bertz CT molecular complexity index is 493. The third kappa shape index (κ3) is 4.11. The Morgan fingerprint density at radius 3 is 2.89 bits per heavy atom. The van der Waals surface area contributed by atoms with Crippen LogP contribution < -0.4 is 5.32 Å². The second-order valence-electron chi connectivity index (χ2n) is 4.81. The van der Waals surface area contributed by atoms with E-state index < -0.39 is 0 Å². The highest BCUT2D eigenvalue weighted by atomic mass is 16.2. The van der Waals surface area contributed by atoms with Crippen molar-refractivity contribution >= 4 is 5.91 Å². The Morgan fingerprint density at radius 1 is 1.37 bits per heavy atom. The molecular weight excluding hydrogens is 238 g/mol. The van der Waals surface area contributed by atoms with Crippen LogP contribution in [-0.4, -0.2) is 23.7 Å². The molecular formula is C16H19NO2. The van der Waals surface area contributed by atoms with E-state index in [0.717, 1.165) is 18.4 Å². The molecule has 1 fully saturated rings. The molecule has 1 aromatic carbocycles. The molecule has 1 amide bonds. The van der Waals surface area contributed by atoms with Gasteiger partial charge < -0.3 is 10.4 Å². The number of aliphatic hydroxyl groups is 1. The number of nitrogens with one attached hydrogen (secondary N) is 1. The summed E-state index contributed by atoms with van der Waals surface area (Å²) in [4.78, 5) is 12.1. The van der Waals surface area contributed by atoms with Gasteiger partial charge in [-0.1, -0.05) is 30.7 Å². The van der Waals surface area contributed by atoms with Gasteiger partial charge in [0.15, 0.2) is 0 Å². The molecule has 0 heterocycles. The van der Waals surface area contributed by atoms with Gasteiger partial charge >= 0.3 is 0 Å². The highest BCUT2D eigenvalue weighted by Gasteiger charge is 2.17. The number of benzene rings is 1. The second-order valence-corrected chi connectivity index (χ2v) is 4.81. The summed E-state index contributed by atoms with van der Waals surface area (Å²) < 4.78 is 0. The van der Waals surface area contributed by atoms with E-state index in [0.29, 0.717) is 18.0 Å². The molecule has 2 rings (SSSR count). The van der Waals surface area contributed by atoms with Gasteiger partial charge in [-0.25, -0.2) is 0 Å². The number of hydrogen-bond acceptors (Lipinski definition) is 2. The molecule has 0 spiro atoms. The average molecular weight is 257 g/mol. The minimum atomic E-state index is -0.0160. The van der Waals surface area contributed by atoms with Crippen molar-refractivity contribution in [2.24, 2.45) is 0 Å².